The van der Waals surface area contributed by atoms with Crippen LogP contribution in [0.1, 0.15) is 31.2 Å². The smallest absolute Gasteiger partial charge is 0.277 e. The Balaban J connectivity index is 1.77. The molecule has 2 aliphatic rings. The monoisotopic (exact) mass is 292 g/mol. The number of benzene rings is 1. The molecule has 1 amide bonds. The van der Waals surface area contributed by atoms with E-state index < -0.39 is 4.92 Å². The lowest BCUT2D eigenvalue weighted by atomic mass is 10.1. The Morgan fingerprint density at radius 2 is 1.95 bits per heavy atom. The molecule has 112 valence electrons. The zero-order valence-corrected chi connectivity index (χ0v) is 11.5. The SMILES string of the molecule is O=C(Cc1cc2c(cc1[N+](=O)[O-])OCO2)NC1CCCC1. The first-order valence-corrected chi connectivity index (χ1v) is 7.00. The lowest BCUT2D eigenvalue weighted by Gasteiger charge is -2.12. The number of amides is 1. The lowest BCUT2D eigenvalue weighted by molar-refractivity contribution is -0.385. The molecule has 7 heteroatoms. The molecule has 1 aliphatic carbocycles. The Bertz CT molecular complexity index is 581. The van der Waals surface area contributed by atoms with Crippen LogP contribution in [0.15, 0.2) is 12.1 Å². The quantitative estimate of drug-likeness (QED) is 0.676. The Morgan fingerprint density at radius 3 is 2.62 bits per heavy atom. The number of rotatable bonds is 4. The van der Waals surface area contributed by atoms with Gasteiger partial charge in [-0.3, -0.25) is 14.9 Å². The number of nitrogens with zero attached hydrogens (tertiary/aromatic N) is 1. The van der Waals surface area contributed by atoms with Gasteiger partial charge in [0.2, 0.25) is 12.7 Å². The summed E-state index contributed by atoms with van der Waals surface area (Å²) in [5.41, 5.74) is 0.237. The van der Waals surface area contributed by atoms with E-state index in [0.717, 1.165) is 25.7 Å². The van der Waals surface area contributed by atoms with E-state index >= 15 is 0 Å². The van der Waals surface area contributed by atoms with Gasteiger partial charge in [0.25, 0.3) is 5.69 Å². The van der Waals surface area contributed by atoms with E-state index in [1.807, 2.05) is 0 Å². The molecule has 0 saturated heterocycles. The number of fused-ring (bicyclic) bond motifs is 1. The number of nitrogens with one attached hydrogen (secondary N) is 1. The number of carbonyl (C=O) groups excluding carboxylic acids is 1. The van der Waals surface area contributed by atoms with Crippen LogP contribution >= 0.6 is 0 Å². The predicted molar refractivity (Wildman–Crippen MR) is 73.3 cm³/mol. The predicted octanol–water partition coefficient (Wildman–Crippen LogP) is 1.92. The summed E-state index contributed by atoms with van der Waals surface area (Å²) in [7, 11) is 0. The van der Waals surface area contributed by atoms with Crippen molar-refractivity contribution in [1.82, 2.24) is 5.32 Å². The average Bonchev–Trinajstić information content (AvgIpc) is 3.07. The third-order valence-corrected chi connectivity index (χ3v) is 3.84. The van der Waals surface area contributed by atoms with Crippen LogP contribution in [0.2, 0.25) is 0 Å². The molecular weight excluding hydrogens is 276 g/mol. The lowest BCUT2D eigenvalue weighted by Crippen LogP contribution is -2.33. The van der Waals surface area contributed by atoms with E-state index in [9.17, 15) is 14.9 Å². The molecule has 0 radical (unpaired) electrons. The minimum Gasteiger partial charge on any atom is -0.454 e. The van der Waals surface area contributed by atoms with Crippen LogP contribution in [-0.4, -0.2) is 23.7 Å². The van der Waals surface area contributed by atoms with Crippen LogP contribution in [0.5, 0.6) is 11.5 Å². The highest BCUT2D eigenvalue weighted by molar-refractivity contribution is 5.80. The topological polar surface area (TPSA) is 90.7 Å². The van der Waals surface area contributed by atoms with E-state index in [0.29, 0.717) is 17.1 Å². The van der Waals surface area contributed by atoms with Crippen molar-refractivity contribution in [2.75, 3.05) is 6.79 Å². The maximum absolute atomic E-state index is 12.0. The number of nitro benzene ring substituents is 1. The third kappa shape index (κ3) is 2.91. The Hall–Kier alpha value is -2.31. The van der Waals surface area contributed by atoms with E-state index in [4.69, 9.17) is 9.47 Å². The summed E-state index contributed by atoms with van der Waals surface area (Å²) in [6, 6.07) is 3.04. The van der Waals surface area contributed by atoms with Crippen molar-refractivity contribution in [3.63, 3.8) is 0 Å². The molecule has 0 bridgehead atoms. The van der Waals surface area contributed by atoms with Crippen LogP contribution < -0.4 is 14.8 Å². The standard InChI is InChI=1S/C14H16N2O5/c17-14(15-10-3-1-2-4-10)6-9-5-12-13(21-8-20-12)7-11(9)16(18)19/h5,7,10H,1-4,6,8H2,(H,15,17). The van der Waals surface area contributed by atoms with Crippen molar-refractivity contribution in [2.24, 2.45) is 0 Å². The van der Waals surface area contributed by atoms with Gasteiger partial charge in [-0.05, 0) is 18.9 Å². The fraction of sp³-hybridized carbons (Fsp3) is 0.500. The van der Waals surface area contributed by atoms with Crippen LogP contribution in [-0.2, 0) is 11.2 Å². The summed E-state index contributed by atoms with van der Waals surface area (Å²) >= 11 is 0. The molecule has 1 saturated carbocycles. The molecule has 1 aliphatic heterocycles. The van der Waals surface area contributed by atoms with Crippen LogP contribution in [0, 0.1) is 10.1 Å². The van der Waals surface area contributed by atoms with Gasteiger partial charge in [-0.15, -0.1) is 0 Å². The molecule has 3 rings (SSSR count). The molecular formula is C14H16N2O5. The minimum atomic E-state index is -0.500. The summed E-state index contributed by atoms with van der Waals surface area (Å²) < 4.78 is 10.3. The van der Waals surface area contributed by atoms with Crippen molar-refractivity contribution < 1.29 is 19.2 Å². The Kier molecular flexibility index (Phi) is 3.64. The van der Waals surface area contributed by atoms with Gasteiger partial charge in [0.15, 0.2) is 11.5 Å². The van der Waals surface area contributed by atoms with Gasteiger partial charge in [-0.2, -0.15) is 0 Å². The van der Waals surface area contributed by atoms with Gasteiger partial charge in [0, 0.05) is 11.6 Å². The highest BCUT2D eigenvalue weighted by atomic mass is 16.7. The number of ether oxygens (including phenoxy) is 2. The van der Waals surface area contributed by atoms with Gasteiger partial charge < -0.3 is 14.8 Å². The summed E-state index contributed by atoms with van der Waals surface area (Å²) in [6.07, 6.45) is 4.18. The molecule has 0 aromatic heterocycles. The van der Waals surface area contributed by atoms with Crippen molar-refractivity contribution >= 4 is 11.6 Å². The van der Waals surface area contributed by atoms with Crippen LogP contribution in [0.25, 0.3) is 0 Å². The van der Waals surface area contributed by atoms with Gasteiger partial charge in [-0.25, -0.2) is 0 Å². The molecule has 1 heterocycles. The zero-order valence-electron chi connectivity index (χ0n) is 11.5. The Morgan fingerprint density at radius 1 is 1.29 bits per heavy atom. The number of nitro groups is 1. The van der Waals surface area contributed by atoms with Crippen molar-refractivity contribution in [1.29, 1.82) is 0 Å². The Labute approximate surface area is 121 Å². The number of hydrogen-bond acceptors (Lipinski definition) is 5. The summed E-state index contributed by atoms with van der Waals surface area (Å²) in [5, 5.41) is 14.1. The summed E-state index contributed by atoms with van der Waals surface area (Å²) in [4.78, 5) is 22.7. The first kappa shape index (κ1) is 13.7. The van der Waals surface area contributed by atoms with Gasteiger partial charge >= 0.3 is 0 Å². The molecule has 1 fully saturated rings. The molecule has 0 unspecified atom stereocenters. The number of hydrogen-bond donors (Lipinski definition) is 1. The van der Waals surface area contributed by atoms with Gasteiger partial charge in [-0.1, -0.05) is 12.8 Å². The van der Waals surface area contributed by atoms with Crippen LogP contribution in [0.3, 0.4) is 0 Å². The molecule has 1 aromatic rings. The normalized spacial score (nSPS) is 17.0. The van der Waals surface area contributed by atoms with E-state index in [-0.39, 0.29) is 30.9 Å². The van der Waals surface area contributed by atoms with Gasteiger partial charge in [0.1, 0.15) is 0 Å². The van der Waals surface area contributed by atoms with Crippen molar-refractivity contribution in [2.45, 2.75) is 38.1 Å². The first-order chi connectivity index (χ1) is 10.1. The van der Waals surface area contributed by atoms with E-state index in [1.165, 1.54) is 12.1 Å². The highest BCUT2D eigenvalue weighted by Gasteiger charge is 2.25. The zero-order chi connectivity index (χ0) is 14.8. The third-order valence-electron chi connectivity index (χ3n) is 3.84. The molecule has 0 atom stereocenters. The molecule has 1 aromatic carbocycles. The summed E-state index contributed by atoms with van der Waals surface area (Å²) in [6.45, 7) is 0.0458. The molecule has 7 nitrogen and oxygen atoms in total. The second kappa shape index (κ2) is 5.59. The molecule has 21 heavy (non-hydrogen) atoms. The van der Waals surface area contributed by atoms with Crippen molar-refractivity contribution in [3.8, 4) is 11.5 Å². The fourth-order valence-electron chi connectivity index (χ4n) is 2.81. The number of carbonyl (C=O) groups is 1. The van der Waals surface area contributed by atoms with E-state index in [2.05, 4.69) is 5.32 Å². The molecule has 1 N–H and O–H groups in total. The average molecular weight is 292 g/mol. The van der Waals surface area contributed by atoms with Gasteiger partial charge in [0.05, 0.1) is 17.4 Å². The maximum Gasteiger partial charge on any atom is 0.277 e. The molecule has 0 spiro atoms. The largest absolute Gasteiger partial charge is 0.454 e. The van der Waals surface area contributed by atoms with Crippen LogP contribution in [0.4, 0.5) is 5.69 Å². The second-order valence-electron chi connectivity index (χ2n) is 5.32. The second-order valence-corrected chi connectivity index (χ2v) is 5.32. The maximum atomic E-state index is 12.0. The minimum absolute atomic E-state index is 0.0244. The van der Waals surface area contributed by atoms with Crippen molar-refractivity contribution in [3.05, 3.63) is 27.8 Å². The fourth-order valence-corrected chi connectivity index (χ4v) is 2.81. The highest BCUT2D eigenvalue weighted by Crippen LogP contribution is 2.38. The summed E-state index contributed by atoms with van der Waals surface area (Å²) in [5.74, 6) is 0.606. The van der Waals surface area contributed by atoms with E-state index in [1.54, 1.807) is 0 Å². The first-order valence-electron chi connectivity index (χ1n) is 7.00.